The molecule has 2 N–H and O–H groups in total. The lowest BCUT2D eigenvalue weighted by molar-refractivity contribution is -0.141. The molecule has 3 aromatic rings. The second kappa shape index (κ2) is 7.74. The maximum absolute atomic E-state index is 12.1. The molecule has 2 aromatic carbocycles. The minimum Gasteiger partial charge on any atom is -0.484 e. The number of rotatable bonds is 6. The van der Waals surface area contributed by atoms with Gasteiger partial charge in [0.15, 0.2) is 6.61 Å². The summed E-state index contributed by atoms with van der Waals surface area (Å²) in [6.07, 6.45) is 0. The van der Waals surface area contributed by atoms with Crippen LogP contribution in [0.2, 0.25) is 0 Å². The first-order chi connectivity index (χ1) is 12.9. The molecule has 0 radical (unpaired) electrons. The number of carboxylic acids is 1. The van der Waals surface area contributed by atoms with E-state index < -0.39 is 23.5 Å². The van der Waals surface area contributed by atoms with Crippen LogP contribution < -0.4 is 15.7 Å². The Hall–Kier alpha value is -3.61. The van der Waals surface area contributed by atoms with Crippen LogP contribution in [0.3, 0.4) is 0 Å². The average molecular weight is 367 g/mol. The molecule has 7 nitrogen and oxygen atoms in total. The summed E-state index contributed by atoms with van der Waals surface area (Å²) in [5.41, 5.74) is 0.279. The molecule has 0 fully saturated rings. The fraction of sp³-hybridized carbons (Fsp3) is 0.150. The van der Waals surface area contributed by atoms with E-state index in [9.17, 15) is 14.4 Å². The lowest BCUT2D eigenvalue weighted by Gasteiger charge is -2.10. The lowest BCUT2D eigenvalue weighted by Crippen LogP contribution is -2.40. The Morgan fingerprint density at radius 1 is 1.15 bits per heavy atom. The molecule has 0 bridgehead atoms. The second-order valence-electron chi connectivity index (χ2n) is 5.93. The smallest absolute Gasteiger partial charge is 0.344 e. The third-order valence-electron chi connectivity index (χ3n) is 3.93. The number of hydrogen-bond acceptors (Lipinski definition) is 5. The molecule has 1 atom stereocenters. The molecule has 1 heterocycles. The van der Waals surface area contributed by atoms with Gasteiger partial charge in [0.2, 0.25) is 0 Å². The third kappa shape index (κ3) is 4.33. The van der Waals surface area contributed by atoms with Crippen molar-refractivity contribution in [1.29, 1.82) is 0 Å². The first kappa shape index (κ1) is 18.2. The van der Waals surface area contributed by atoms with Crippen molar-refractivity contribution in [2.75, 3.05) is 6.61 Å². The average Bonchev–Trinajstić information content (AvgIpc) is 2.66. The van der Waals surface area contributed by atoms with Gasteiger partial charge < -0.3 is 19.6 Å². The highest BCUT2D eigenvalue weighted by molar-refractivity contribution is 5.84. The summed E-state index contributed by atoms with van der Waals surface area (Å²) < 4.78 is 10.7. The van der Waals surface area contributed by atoms with E-state index in [1.165, 1.54) is 6.92 Å². The fourth-order valence-electron chi connectivity index (χ4n) is 2.49. The molecule has 27 heavy (non-hydrogen) atoms. The Labute approximate surface area is 154 Å². The van der Waals surface area contributed by atoms with Crippen LogP contribution >= 0.6 is 0 Å². The zero-order chi connectivity index (χ0) is 19.4. The maximum atomic E-state index is 12.1. The van der Waals surface area contributed by atoms with Gasteiger partial charge in [-0.3, -0.25) is 9.59 Å². The van der Waals surface area contributed by atoms with Crippen LogP contribution in [0.5, 0.6) is 5.75 Å². The van der Waals surface area contributed by atoms with E-state index >= 15 is 0 Å². The Kier molecular flexibility index (Phi) is 5.21. The molecule has 1 aromatic heterocycles. The van der Waals surface area contributed by atoms with Crippen LogP contribution in [0, 0.1) is 0 Å². The summed E-state index contributed by atoms with van der Waals surface area (Å²) in [4.78, 5) is 34.4. The van der Waals surface area contributed by atoms with Crippen molar-refractivity contribution in [1.82, 2.24) is 5.32 Å². The predicted molar refractivity (Wildman–Crippen MR) is 98.7 cm³/mol. The highest BCUT2D eigenvalue weighted by Crippen LogP contribution is 2.24. The van der Waals surface area contributed by atoms with Crippen LogP contribution in [0.1, 0.15) is 6.92 Å². The van der Waals surface area contributed by atoms with Gasteiger partial charge in [-0.05, 0) is 48.7 Å². The first-order valence-corrected chi connectivity index (χ1v) is 8.22. The number of fused-ring (bicyclic) bond motifs is 1. The van der Waals surface area contributed by atoms with Crippen molar-refractivity contribution in [2.45, 2.75) is 13.0 Å². The van der Waals surface area contributed by atoms with Crippen molar-refractivity contribution in [2.24, 2.45) is 0 Å². The number of amides is 1. The van der Waals surface area contributed by atoms with Crippen LogP contribution in [0.15, 0.2) is 63.8 Å². The molecule has 3 rings (SSSR count). The normalized spacial score (nSPS) is 11.7. The van der Waals surface area contributed by atoms with Crippen LogP contribution in [-0.2, 0) is 9.59 Å². The van der Waals surface area contributed by atoms with E-state index in [-0.39, 0.29) is 6.61 Å². The first-order valence-electron chi connectivity index (χ1n) is 8.22. The quantitative estimate of drug-likeness (QED) is 0.693. The molecule has 0 saturated carbocycles. The number of aliphatic carboxylic acids is 1. The van der Waals surface area contributed by atoms with Gasteiger partial charge in [-0.2, -0.15) is 0 Å². The highest BCUT2D eigenvalue weighted by atomic mass is 16.5. The lowest BCUT2D eigenvalue weighted by atomic mass is 10.1. The summed E-state index contributed by atoms with van der Waals surface area (Å²) in [5, 5.41) is 12.4. The number of ether oxygens (including phenoxy) is 1. The monoisotopic (exact) mass is 367 g/mol. The topological polar surface area (TPSA) is 106 Å². The Balaban J connectivity index is 1.70. The molecule has 0 aliphatic carbocycles. The largest absolute Gasteiger partial charge is 0.484 e. The van der Waals surface area contributed by atoms with E-state index in [1.807, 2.05) is 12.1 Å². The van der Waals surface area contributed by atoms with Crippen molar-refractivity contribution >= 4 is 22.6 Å². The van der Waals surface area contributed by atoms with Gasteiger partial charge in [-0.25, -0.2) is 4.79 Å². The molecular weight excluding hydrogens is 350 g/mol. The van der Waals surface area contributed by atoms with Gasteiger partial charge in [0, 0.05) is 5.56 Å². The third-order valence-corrected chi connectivity index (χ3v) is 3.93. The van der Waals surface area contributed by atoms with Crippen molar-refractivity contribution < 1.29 is 23.8 Å². The summed E-state index contributed by atoms with van der Waals surface area (Å²) in [5.74, 6) is -0.794. The van der Waals surface area contributed by atoms with Crippen molar-refractivity contribution in [3.05, 3.63) is 65.0 Å². The van der Waals surface area contributed by atoms with Gasteiger partial charge in [0.1, 0.15) is 17.6 Å². The van der Waals surface area contributed by atoms with Crippen molar-refractivity contribution in [3.63, 3.8) is 0 Å². The molecule has 7 heteroatoms. The van der Waals surface area contributed by atoms with E-state index in [4.69, 9.17) is 14.3 Å². The highest BCUT2D eigenvalue weighted by Gasteiger charge is 2.14. The van der Waals surface area contributed by atoms with E-state index in [0.717, 1.165) is 5.39 Å². The molecular formula is C20H17NO6. The summed E-state index contributed by atoms with van der Waals surface area (Å²) in [6.45, 7) is 1.06. The maximum Gasteiger partial charge on any atom is 0.344 e. The van der Waals surface area contributed by atoms with Crippen LogP contribution in [0.4, 0.5) is 0 Å². The number of nitrogens with one attached hydrogen (secondary N) is 1. The molecule has 138 valence electrons. The molecule has 1 amide bonds. The van der Waals surface area contributed by atoms with Gasteiger partial charge >= 0.3 is 11.6 Å². The van der Waals surface area contributed by atoms with Gasteiger partial charge in [-0.15, -0.1) is 0 Å². The van der Waals surface area contributed by atoms with Crippen molar-refractivity contribution in [3.8, 4) is 17.1 Å². The molecule has 0 unspecified atom stereocenters. The molecule has 0 spiro atoms. The minimum absolute atomic E-state index is 0.304. The number of benzene rings is 2. The zero-order valence-corrected chi connectivity index (χ0v) is 14.5. The number of hydrogen-bond donors (Lipinski definition) is 2. The summed E-state index contributed by atoms with van der Waals surface area (Å²) in [6, 6.07) is 14.7. The Morgan fingerprint density at radius 2 is 1.85 bits per heavy atom. The van der Waals surface area contributed by atoms with Gasteiger partial charge in [-0.1, -0.05) is 18.2 Å². The van der Waals surface area contributed by atoms with Crippen LogP contribution in [-0.4, -0.2) is 29.6 Å². The minimum atomic E-state index is -1.12. The Bertz CT molecular complexity index is 1040. The predicted octanol–water partition coefficient (Wildman–Crippen LogP) is 2.43. The zero-order valence-electron chi connectivity index (χ0n) is 14.5. The number of carboxylic acid groups (broad SMARTS) is 1. The molecule has 0 aliphatic heterocycles. The van der Waals surface area contributed by atoms with E-state index in [1.54, 1.807) is 42.5 Å². The number of carbonyl (C=O) groups is 2. The van der Waals surface area contributed by atoms with Gasteiger partial charge in [0.25, 0.3) is 5.91 Å². The fourth-order valence-corrected chi connectivity index (χ4v) is 2.49. The van der Waals surface area contributed by atoms with E-state index in [0.29, 0.717) is 22.5 Å². The number of carbonyl (C=O) groups excluding carboxylic acids is 1. The van der Waals surface area contributed by atoms with Gasteiger partial charge in [0.05, 0.1) is 5.39 Å². The summed E-state index contributed by atoms with van der Waals surface area (Å²) in [7, 11) is 0. The molecule has 0 saturated heterocycles. The summed E-state index contributed by atoms with van der Waals surface area (Å²) >= 11 is 0. The van der Waals surface area contributed by atoms with Crippen LogP contribution in [0.25, 0.3) is 22.1 Å². The Morgan fingerprint density at radius 3 is 2.56 bits per heavy atom. The standard InChI is InChI=1S/C20H17NO6/c1-12(19(23)24)21-18(22)11-26-15-8-6-13(7-9-15)17-10-14-4-2-3-5-16(14)20(25)27-17/h2-10,12H,11H2,1H3,(H,21,22)(H,23,24)/t12-/m0/s1. The molecule has 0 aliphatic rings. The van der Waals surface area contributed by atoms with E-state index in [2.05, 4.69) is 5.32 Å². The SMILES string of the molecule is C[C@H](NC(=O)COc1ccc(-c2cc3ccccc3c(=O)o2)cc1)C(=O)O. The second-order valence-corrected chi connectivity index (χ2v) is 5.93.